The molecule has 138 valence electrons. The highest BCUT2D eigenvalue weighted by Gasteiger charge is 2.28. The molecule has 1 aromatic heterocycles. The molecular weight excluding hydrogens is 364 g/mol. The minimum absolute atomic E-state index is 0.0888. The summed E-state index contributed by atoms with van der Waals surface area (Å²) in [5.41, 5.74) is 2.41. The average molecular weight is 381 g/mol. The maximum absolute atomic E-state index is 12.7. The van der Waals surface area contributed by atoms with Gasteiger partial charge in [0.05, 0.1) is 16.8 Å². The first kappa shape index (κ1) is 18.2. The second kappa shape index (κ2) is 7.77. The fraction of sp³-hybridized carbons (Fsp3) is 0.353. The highest BCUT2D eigenvalue weighted by molar-refractivity contribution is 7.11. The number of aryl methyl sites for hydroxylation is 1. The molecular formula is C17H17F2N3O3S. The summed E-state index contributed by atoms with van der Waals surface area (Å²) < 4.78 is 29.5. The van der Waals surface area contributed by atoms with Crippen LogP contribution in [0.1, 0.15) is 25.7 Å². The number of thiazole rings is 1. The minimum Gasteiger partial charge on any atom is -0.434 e. The number of piperazine rings is 1. The van der Waals surface area contributed by atoms with Crippen LogP contribution in [-0.2, 0) is 0 Å². The first-order chi connectivity index (χ1) is 12.5. The average Bonchev–Trinajstić information content (AvgIpc) is 3.06. The van der Waals surface area contributed by atoms with E-state index in [1.54, 1.807) is 23.4 Å². The van der Waals surface area contributed by atoms with E-state index in [9.17, 15) is 18.4 Å². The van der Waals surface area contributed by atoms with Gasteiger partial charge in [0.15, 0.2) is 0 Å². The molecule has 9 heteroatoms. The van der Waals surface area contributed by atoms with Crippen molar-refractivity contribution in [1.82, 2.24) is 14.8 Å². The summed E-state index contributed by atoms with van der Waals surface area (Å²) in [4.78, 5) is 33.0. The Kier molecular flexibility index (Phi) is 5.46. The molecule has 2 heterocycles. The molecule has 0 aliphatic carbocycles. The molecule has 0 bridgehead atoms. The van der Waals surface area contributed by atoms with E-state index < -0.39 is 6.61 Å². The Hall–Kier alpha value is -2.55. The number of para-hydroxylation sites is 1. The molecule has 0 N–H and O–H groups in total. The Bertz CT molecular complexity index is 804. The molecule has 0 atom stereocenters. The molecule has 2 amide bonds. The van der Waals surface area contributed by atoms with Gasteiger partial charge in [0.25, 0.3) is 11.8 Å². The van der Waals surface area contributed by atoms with E-state index in [0.717, 1.165) is 0 Å². The standard InChI is InChI=1S/C17H17F2N3O3S/c1-11-14(26-10-20-11)16(24)22-8-6-21(7-9-22)15(23)12-4-2-3-5-13(12)25-17(18)19/h2-5,10,17H,6-9H2,1H3. The van der Waals surface area contributed by atoms with Crippen LogP contribution in [-0.4, -0.2) is 59.4 Å². The number of benzene rings is 1. The largest absolute Gasteiger partial charge is 0.434 e. The second-order valence-electron chi connectivity index (χ2n) is 5.73. The van der Waals surface area contributed by atoms with Gasteiger partial charge in [0, 0.05) is 26.2 Å². The molecule has 3 rings (SSSR count). The molecule has 0 saturated carbocycles. The summed E-state index contributed by atoms with van der Waals surface area (Å²) in [6.07, 6.45) is 0. The lowest BCUT2D eigenvalue weighted by Gasteiger charge is -2.34. The number of halogens is 2. The SMILES string of the molecule is Cc1ncsc1C(=O)N1CCN(C(=O)c2ccccc2OC(F)F)CC1. The third-order valence-corrected chi connectivity index (χ3v) is 5.04. The Balaban J connectivity index is 1.66. The molecule has 0 unspecified atom stereocenters. The van der Waals surface area contributed by atoms with Crippen molar-refractivity contribution in [1.29, 1.82) is 0 Å². The van der Waals surface area contributed by atoms with Crippen molar-refractivity contribution in [2.45, 2.75) is 13.5 Å². The minimum atomic E-state index is -3.00. The number of nitrogens with zero attached hydrogens (tertiary/aromatic N) is 3. The van der Waals surface area contributed by atoms with E-state index in [1.165, 1.54) is 34.4 Å². The van der Waals surface area contributed by atoms with Crippen molar-refractivity contribution in [2.24, 2.45) is 0 Å². The topological polar surface area (TPSA) is 62.7 Å². The highest BCUT2D eigenvalue weighted by Crippen LogP contribution is 2.23. The van der Waals surface area contributed by atoms with Crippen LogP contribution < -0.4 is 4.74 Å². The van der Waals surface area contributed by atoms with Crippen LogP contribution in [0, 0.1) is 6.92 Å². The zero-order chi connectivity index (χ0) is 18.7. The van der Waals surface area contributed by atoms with Crippen LogP contribution >= 0.6 is 11.3 Å². The molecule has 26 heavy (non-hydrogen) atoms. The van der Waals surface area contributed by atoms with Gasteiger partial charge in [0.2, 0.25) is 0 Å². The van der Waals surface area contributed by atoms with E-state index >= 15 is 0 Å². The molecule has 6 nitrogen and oxygen atoms in total. The number of alkyl halides is 2. The Labute approximate surface area is 153 Å². The van der Waals surface area contributed by atoms with Crippen LogP contribution in [0.15, 0.2) is 29.8 Å². The van der Waals surface area contributed by atoms with Crippen LogP contribution in [0.25, 0.3) is 0 Å². The first-order valence-electron chi connectivity index (χ1n) is 8.00. The fourth-order valence-corrected chi connectivity index (χ4v) is 3.55. The number of carbonyl (C=O) groups excluding carboxylic acids is 2. The second-order valence-corrected chi connectivity index (χ2v) is 6.58. The summed E-state index contributed by atoms with van der Waals surface area (Å²) in [5, 5.41) is 0. The van der Waals surface area contributed by atoms with Gasteiger partial charge < -0.3 is 14.5 Å². The summed E-state index contributed by atoms with van der Waals surface area (Å²) in [6, 6.07) is 5.92. The van der Waals surface area contributed by atoms with Gasteiger partial charge in [-0.3, -0.25) is 9.59 Å². The lowest BCUT2D eigenvalue weighted by molar-refractivity contribution is -0.0503. The van der Waals surface area contributed by atoms with Crippen molar-refractivity contribution in [3.05, 3.63) is 45.9 Å². The molecule has 0 spiro atoms. The number of aromatic nitrogens is 1. The van der Waals surface area contributed by atoms with E-state index in [1.807, 2.05) is 0 Å². The lowest BCUT2D eigenvalue weighted by Crippen LogP contribution is -2.50. The number of hydrogen-bond acceptors (Lipinski definition) is 5. The Morgan fingerprint density at radius 3 is 2.31 bits per heavy atom. The van der Waals surface area contributed by atoms with E-state index in [0.29, 0.717) is 36.8 Å². The fourth-order valence-electron chi connectivity index (χ4n) is 2.78. The predicted octanol–water partition coefficient (Wildman–Crippen LogP) is 2.65. The highest BCUT2D eigenvalue weighted by atomic mass is 32.1. The van der Waals surface area contributed by atoms with Crippen LogP contribution in [0.2, 0.25) is 0 Å². The van der Waals surface area contributed by atoms with Gasteiger partial charge >= 0.3 is 6.61 Å². The smallest absolute Gasteiger partial charge is 0.387 e. The number of ether oxygens (including phenoxy) is 1. The summed E-state index contributed by atoms with van der Waals surface area (Å²) in [7, 11) is 0. The van der Waals surface area contributed by atoms with Crippen molar-refractivity contribution in [3.8, 4) is 5.75 Å². The van der Waals surface area contributed by atoms with Crippen LogP contribution in [0.5, 0.6) is 5.75 Å². The molecule has 1 aromatic carbocycles. The molecule has 0 radical (unpaired) electrons. The zero-order valence-electron chi connectivity index (χ0n) is 14.0. The van der Waals surface area contributed by atoms with E-state index in [4.69, 9.17) is 0 Å². The zero-order valence-corrected chi connectivity index (χ0v) is 14.8. The number of amides is 2. The van der Waals surface area contributed by atoms with E-state index in [2.05, 4.69) is 9.72 Å². The van der Waals surface area contributed by atoms with Crippen molar-refractivity contribution in [3.63, 3.8) is 0 Å². The Morgan fingerprint density at radius 2 is 1.73 bits per heavy atom. The van der Waals surface area contributed by atoms with Crippen molar-refractivity contribution in [2.75, 3.05) is 26.2 Å². The van der Waals surface area contributed by atoms with Gasteiger partial charge in [-0.1, -0.05) is 12.1 Å². The van der Waals surface area contributed by atoms with Gasteiger partial charge in [-0.05, 0) is 19.1 Å². The summed E-state index contributed by atoms with van der Waals surface area (Å²) in [6.45, 7) is 0.181. The number of rotatable bonds is 4. The quantitative estimate of drug-likeness (QED) is 0.817. The van der Waals surface area contributed by atoms with Gasteiger partial charge in [-0.25, -0.2) is 4.98 Å². The van der Waals surface area contributed by atoms with Crippen LogP contribution in [0.4, 0.5) is 8.78 Å². The van der Waals surface area contributed by atoms with E-state index in [-0.39, 0.29) is 23.1 Å². The number of carbonyl (C=O) groups is 2. The molecule has 2 aromatic rings. The number of hydrogen-bond donors (Lipinski definition) is 0. The molecule has 1 saturated heterocycles. The van der Waals surface area contributed by atoms with Crippen molar-refractivity contribution >= 4 is 23.2 Å². The maximum atomic E-state index is 12.7. The third kappa shape index (κ3) is 3.82. The first-order valence-corrected chi connectivity index (χ1v) is 8.88. The monoisotopic (exact) mass is 381 g/mol. The Morgan fingerprint density at radius 1 is 1.12 bits per heavy atom. The molecule has 1 aliphatic heterocycles. The molecule has 1 aliphatic rings. The molecule has 1 fully saturated rings. The van der Waals surface area contributed by atoms with Crippen LogP contribution in [0.3, 0.4) is 0 Å². The normalized spacial score (nSPS) is 14.6. The van der Waals surface area contributed by atoms with Crippen molar-refractivity contribution < 1.29 is 23.1 Å². The lowest BCUT2D eigenvalue weighted by atomic mass is 10.1. The summed E-state index contributed by atoms with van der Waals surface area (Å²) in [5.74, 6) is -0.632. The maximum Gasteiger partial charge on any atom is 0.387 e. The van der Waals surface area contributed by atoms with Gasteiger partial charge in [-0.2, -0.15) is 8.78 Å². The predicted molar refractivity (Wildman–Crippen MR) is 91.7 cm³/mol. The summed E-state index contributed by atoms with van der Waals surface area (Å²) >= 11 is 1.29. The van der Waals surface area contributed by atoms with Gasteiger partial charge in [0.1, 0.15) is 10.6 Å². The van der Waals surface area contributed by atoms with Gasteiger partial charge in [-0.15, -0.1) is 11.3 Å². The third-order valence-electron chi connectivity index (χ3n) is 4.13.